The highest BCUT2D eigenvalue weighted by molar-refractivity contribution is 5.94. The Morgan fingerprint density at radius 1 is 1.30 bits per heavy atom. The molecule has 0 bridgehead atoms. The molecule has 1 aliphatic heterocycles. The lowest BCUT2D eigenvalue weighted by Crippen LogP contribution is -2.48. The summed E-state index contributed by atoms with van der Waals surface area (Å²) in [5.41, 5.74) is -0.462. The molecule has 10 heteroatoms. The molecule has 1 saturated heterocycles. The molecule has 1 saturated carbocycles. The van der Waals surface area contributed by atoms with Crippen molar-refractivity contribution in [2.24, 2.45) is 0 Å². The fraction of sp³-hybridized carbons (Fsp3) is 0.450. The number of nitro groups is 1. The van der Waals surface area contributed by atoms with Crippen LogP contribution in [0.25, 0.3) is 0 Å². The number of hydrogen-bond donors (Lipinski definition) is 2. The van der Waals surface area contributed by atoms with E-state index < -0.39 is 34.5 Å². The molecule has 1 amide bonds. The number of non-ortho nitro benzene ring substituents is 1. The van der Waals surface area contributed by atoms with Crippen molar-refractivity contribution in [2.75, 3.05) is 13.2 Å². The van der Waals surface area contributed by atoms with Gasteiger partial charge in [0.2, 0.25) is 5.91 Å². The minimum absolute atomic E-state index is 0.121. The zero-order valence-corrected chi connectivity index (χ0v) is 16.5. The van der Waals surface area contributed by atoms with E-state index in [2.05, 4.69) is 17.2 Å². The van der Waals surface area contributed by atoms with Gasteiger partial charge in [-0.05, 0) is 31.9 Å². The molecule has 2 fully saturated rings. The molecule has 1 heterocycles. The number of rotatable bonds is 8. The number of ether oxygens (including phenoxy) is 2. The molecule has 2 atom stereocenters. The zero-order chi connectivity index (χ0) is 21.9. The van der Waals surface area contributed by atoms with Gasteiger partial charge in [0.25, 0.3) is 5.69 Å². The smallest absolute Gasteiger partial charge is 0.338 e. The predicted molar refractivity (Wildman–Crippen MR) is 105 cm³/mol. The van der Waals surface area contributed by atoms with Gasteiger partial charge in [-0.1, -0.05) is 6.58 Å². The van der Waals surface area contributed by atoms with E-state index in [0.717, 1.165) is 0 Å². The number of carbonyl (C=O) groups is 3. The quantitative estimate of drug-likeness (QED) is 0.279. The Bertz CT molecular complexity index is 877. The van der Waals surface area contributed by atoms with E-state index in [-0.39, 0.29) is 35.8 Å². The van der Waals surface area contributed by atoms with Crippen LogP contribution in [0.5, 0.6) is 0 Å². The number of carbonyl (C=O) groups excluding carboxylic acids is 3. The zero-order valence-electron chi connectivity index (χ0n) is 16.5. The van der Waals surface area contributed by atoms with E-state index in [4.69, 9.17) is 9.47 Å². The fourth-order valence-corrected chi connectivity index (χ4v) is 3.30. The van der Waals surface area contributed by atoms with Crippen LogP contribution in [0.15, 0.2) is 36.4 Å². The Morgan fingerprint density at radius 2 is 1.97 bits per heavy atom. The van der Waals surface area contributed by atoms with Gasteiger partial charge in [-0.3, -0.25) is 14.9 Å². The first-order chi connectivity index (χ1) is 14.3. The maximum atomic E-state index is 12.6. The van der Waals surface area contributed by atoms with Crippen LogP contribution >= 0.6 is 0 Å². The summed E-state index contributed by atoms with van der Waals surface area (Å²) in [5.74, 6) is -1.44. The topological polar surface area (TPSA) is 137 Å². The lowest BCUT2D eigenvalue weighted by atomic mass is 10.1. The average molecular weight is 417 g/mol. The molecule has 10 nitrogen and oxygen atoms in total. The highest BCUT2D eigenvalue weighted by Gasteiger charge is 2.50. The minimum atomic E-state index is -0.765. The first-order valence-electron chi connectivity index (χ1n) is 9.63. The molecule has 30 heavy (non-hydrogen) atoms. The van der Waals surface area contributed by atoms with Crippen molar-refractivity contribution in [1.82, 2.24) is 10.6 Å². The SMILES string of the molecule is C=C(C(=O)OCC)C1(NC(=O)[C@@H]2C[C@@H](OC(=O)c3ccc([N+](=O)[O-])cc3)CN2)CC1. The Kier molecular flexibility index (Phi) is 6.16. The molecule has 1 aliphatic carbocycles. The monoisotopic (exact) mass is 417 g/mol. The van der Waals surface area contributed by atoms with Crippen LogP contribution in [-0.2, 0) is 19.1 Å². The van der Waals surface area contributed by atoms with E-state index in [1.807, 2.05) is 0 Å². The van der Waals surface area contributed by atoms with Crippen molar-refractivity contribution in [1.29, 1.82) is 0 Å². The van der Waals surface area contributed by atoms with E-state index in [9.17, 15) is 24.5 Å². The number of amides is 1. The number of nitrogens with one attached hydrogen (secondary N) is 2. The fourth-order valence-electron chi connectivity index (χ4n) is 3.30. The first kappa shape index (κ1) is 21.4. The number of hydrogen-bond acceptors (Lipinski definition) is 8. The second-order valence-corrected chi connectivity index (χ2v) is 7.30. The molecule has 0 radical (unpaired) electrons. The van der Waals surface area contributed by atoms with Gasteiger partial charge in [-0.2, -0.15) is 0 Å². The third-order valence-electron chi connectivity index (χ3n) is 5.21. The number of benzene rings is 1. The maximum absolute atomic E-state index is 12.6. The van der Waals surface area contributed by atoms with Gasteiger partial charge in [0.15, 0.2) is 0 Å². The van der Waals surface area contributed by atoms with E-state index in [1.165, 1.54) is 24.3 Å². The summed E-state index contributed by atoms with van der Waals surface area (Å²) in [5, 5.41) is 16.6. The van der Waals surface area contributed by atoms with Gasteiger partial charge in [-0.15, -0.1) is 0 Å². The van der Waals surface area contributed by atoms with Crippen LogP contribution in [0.4, 0.5) is 5.69 Å². The van der Waals surface area contributed by atoms with Gasteiger partial charge in [0, 0.05) is 25.1 Å². The van der Waals surface area contributed by atoms with Crippen molar-refractivity contribution >= 4 is 23.5 Å². The predicted octanol–water partition coefficient (Wildman–Crippen LogP) is 1.25. The normalized spacial score (nSPS) is 21.4. The number of esters is 2. The Hall–Kier alpha value is -3.27. The third kappa shape index (κ3) is 4.65. The molecular formula is C20H23N3O7. The van der Waals surface area contributed by atoms with Crippen molar-refractivity contribution in [3.05, 3.63) is 52.1 Å². The highest BCUT2D eigenvalue weighted by atomic mass is 16.6. The van der Waals surface area contributed by atoms with Crippen LogP contribution in [0.2, 0.25) is 0 Å². The molecule has 2 N–H and O–H groups in total. The van der Waals surface area contributed by atoms with Gasteiger partial charge in [0.05, 0.1) is 34.2 Å². The van der Waals surface area contributed by atoms with Gasteiger partial charge in [-0.25, -0.2) is 9.59 Å². The molecule has 1 aromatic carbocycles. The van der Waals surface area contributed by atoms with Crippen LogP contribution in [0, 0.1) is 10.1 Å². The molecule has 0 spiro atoms. The van der Waals surface area contributed by atoms with E-state index in [1.54, 1.807) is 6.92 Å². The molecule has 2 aliphatic rings. The Morgan fingerprint density at radius 3 is 2.53 bits per heavy atom. The summed E-state index contributed by atoms with van der Waals surface area (Å²) >= 11 is 0. The second-order valence-electron chi connectivity index (χ2n) is 7.30. The molecule has 3 rings (SSSR count). The van der Waals surface area contributed by atoms with E-state index in [0.29, 0.717) is 19.4 Å². The summed E-state index contributed by atoms with van der Waals surface area (Å²) < 4.78 is 10.4. The molecule has 0 unspecified atom stereocenters. The summed E-state index contributed by atoms with van der Waals surface area (Å²) in [6.45, 7) is 5.99. The van der Waals surface area contributed by atoms with Gasteiger partial charge < -0.3 is 20.1 Å². The Balaban J connectivity index is 1.52. The number of nitrogens with zero attached hydrogens (tertiary/aromatic N) is 1. The summed E-state index contributed by atoms with van der Waals surface area (Å²) in [4.78, 5) is 46.9. The number of nitro benzene ring substituents is 1. The second kappa shape index (κ2) is 8.62. The Labute approximate surface area is 172 Å². The summed E-state index contributed by atoms with van der Waals surface area (Å²) in [7, 11) is 0. The van der Waals surface area contributed by atoms with Crippen LogP contribution in [0.1, 0.15) is 36.5 Å². The maximum Gasteiger partial charge on any atom is 0.338 e. The van der Waals surface area contributed by atoms with Gasteiger partial charge >= 0.3 is 11.9 Å². The van der Waals surface area contributed by atoms with Crippen LogP contribution in [-0.4, -0.2) is 53.6 Å². The van der Waals surface area contributed by atoms with Crippen LogP contribution in [0.3, 0.4) is 0 Å². The van der Waals surface area contributed by atoms with Crippen LogP contribution < -0.4 is 10.6 Å². The van der Waals surface area contributed by atoms with Crippen molar-refractivity contribution in [3.63, 3.8) is 0 Å². The lowest BCUT2D eigenvalue weighted by molar-refractivity contribution is -0.384. The largest absolute Gasteiger partial charge is 0.463 e. The van der Waals surface area contributed by atoms with E-state index >= 15 is 0 Å². The third-order valence-corrected chi connectivity index (χ3v) is 5.21. The molecule has 160 valence electrons. The molecule has 0 aromatic heterocycles. The summed E-state index contributed by atoms with van der Waals surface area (Å²) in [6, 6.07) is 4.53. The van der Waals surface area contributed by atoms with Gasteiger partial charge in [0.1, 0.15) is 6.10 Å². The average Bonchev–Trinajstić information content (AvgIpc) is 3.35. The lowest BCUT2D eigenvalue weighted by Gasteiger charge is -2.21. The van der Waals surface area contributed by atoms with Crippen molar-refractivity contribution in [2.45, 2.75) is 43.9 Å². The molecular weight excluding hydrogens is 394 g/mol. The first-order valence-corrected chi connectivity index (χ1v) is 9.63. The summed E-state index contributed by atoms with van der Waals surface area (Å²) in [6.07, 6.45) is 0.974. The minimum Gasteiger partial charge on any atom is -0.463 e. The van der Waals surface area contributed by atoms with Crippen molar-refractivity contribution in [3.8, 4) is 0 Å². The standard InChI is InChI=1S/C20H23N3O7/c1-3-29-18(25)12(2)20(8-9-20)22-17(24)16-10-15(11-21-16)30-19(26)13-4-6-14(7-5-13)23(27)28/h4-7,15-16,21H,2-3,8-11H2,1H3,(H,22,24)/t15-,16+/m1/s1. The van der Waals surface area contributed by atoms with Crippen molar-refractivity contribution < 1.29 is 28.8 Å². The molecule has 1 aromatic rings. The highest BCUT2D eigenvalue weighted by Crippen LogP contribution is 2.42.